The number of likely N-dealkylation sites (tertiary alicyclic amines) is 1. The summed E-state index contributed by atoms with van der Waals surface area (Å²) in [5.41, 5.74) is 0.311. The average molecular weight is 451 g/mol. The van der Waals surface area contributed by atoms with Gasteiger partial charge in [0, 0.05) is 64.2 Å². The number of sulfonamides is 1. The first kappa shape index (κ1) is 23.2. The maximum atomic E-state index is 13.1. The van der Waals surface area contributed by atoms with Crippen molar-refractivity contribution in [1.82, 2.24) is 19.4 Å². The largest absolute Gasteiger partial charge is 0.352 e. The van der Waals surface area contributed by atoms with E-state index < -0.39 is 10.0 Å². The van der Waals surface area contributed by atoms with E-state index in [0.717, 1.165) is 12.8 Å². The van der Waals surface area contributed by atoms with Crippen molar-refractivity contribution in [3.8, 4) is 0 Å². The van der Waals surface area contributed by atoms with Crippen molar-refractivity contribution >= 4 is 27.7 Å². The Labute approximate surface area is 183 Å². The normalized spacial score (nSPS) is 20.4. The van der Waals surface area contributed by atoms with Crippen LogP contribution >= 0.6 is 0 Å². The number of hydrogen-bond donors (Lipinski definition) is 1. The minimum Gasteiger partial charge on any atom is -0.352 e. The third kappa shape index (κ3) is 5.43. The number of piperidine rings is 1. The summed E-state index contributed by atoms with van der Waals surface area (Å²) in [4.78, 5) is 39.6. The summed E-state index contributed by atoms with van der Waals surface area (Å²) in [6.07, 6.45) is 1.99. The van der Waals surface area contributed by atoms with Gasteiger partial charge in [-0.15, -0.1) is 0 Å². The molecule has 1 aromatic carbocycles. The zero-order valence-corrected chi connectivity index (χ0v) is 18.9. The Morgan fingerprint density at radius 2 is 1.77 bits per heavy atom. The lowest BCUT2D eigenvalue weighted by atomic mass is 10.0. The van der Waals surface area contributed by atoms with Crippen molar-refractivity contribution < 1.29 is 22.8 Å². The molecule has 3 amide bonds. The van der Waals surface area contributed by atoms with Crippen LogP contribution < -0.4 is 5.32 Å². The molecular weight excluding hydrogens is 420 g/mol. The molecule has 0 aliphatic carbocycles. The van der Waals surface area contributed by atoms with E-state index in [9.17, 15) is 22.8 Å². The molecule has 1 atom stereocenters. The number of amides is 3. The second-order valence-electron chi connectivity index (χ2n) is 7.95. The minimum atomic E-state index is -3.76. The van der Waals surface area contributed by atoms with Gasteiger partial charge in [-0.2, -0.15) is 4.31 Å². The SMILES string of the molecule is CCC(=O)NC1CCCN(C(=O)c2cccc(S(=O)(=O)N3CCN(C(C)=O)CC3)c2)C1. The highest BCUT2D eigenvalue weighted by atomic mass is 32.2. The lowest BCUT2D eigenvalue weighted by Gasteiger charge is -2.34. The second-order valence-corrected chi connectivity index (χ2v) is 9.89. The zero-order valence-electron chi connectivity index (χ0n) is 18.0. The fourth-order valence-electron chi connectivity index (χ4n) is 3.97. The first-order chi connectivity index (χ1) is 14.7. The Kier molecular flexibility index (Phi) is 7.32. The van der Waals surface area contributed by atoms with Crippen molar-refractivity contribution in [3.05, 3.63) is 29.8 Å². The Morgan fingerprint density at radius 3 is 2.42 bits per heavy atom. The quantitative estimate of drug-likeness (QED) is 0.710. The minimum absolute atomic E-state index is 0.0442. The fourth-order valence-corrected chi connectivity index (χ4v) is 5.44. The molecule has 10 heteroatoms. The Hall–Kier alpha value is -2.46. The standard InChI is InChI=1S/C21H30N4O5S/c1-3-20(27)22-18-7-5-9-24(15-18)21(28)17-6-4-8-19(14-17)31(29,30)25-12-10-23(11-13-25)16(2)26/h4,6,8,14,18H,3,5,7,9-13,15H2,1-2H3,(H,22,27). The van der Waals surface area contributed by atoms with Gasteiger partial charge in [-0.3, -0.25) is 14.4 Å². The van der Waals surface area contributed by atoms with Crippen LogP contribution in [0.5, 0.6) is 0 Å². The Balaban J connectivity index is 1.71. The van der Waals surface area contributed by atoms with Crippen LogP contribution in [0.15, 0.2) is 29.2 Å². The van der Waals surface area contributed by atoms with Crippen LogP contribution in [0.3, 0.4) is 0 Å². The number of piperazine rings is 1. The number of hydrogen-bond acceptors (Lipinski definition) is 5. The average Bonchev–Trinajstić information content (AvgIpc) is 2.78. The predicted octanol–water partition coefficient (Wildman–Crippen LogP) is 0.670. The molecule has 2 fully saturated rings. The van der Waals surface area contributed by atoms with Crippen molar-refractivity contribution in [3.63, 3.8) is 0 Å². The van der Waals surface area contributed by atoms with E-state index in [4.69, 9.17) is 0 Å². The summed E-state index contributed by atoms with van der Waals surface area (Å²) in [6, 6.07) is 6.01. The first-order valence-corrected chi connectivity index (χ1v) is 12.1. The van der Waals surface area contributed by atoms with Gasteiger partial charge in [0.15, 0.2) is 0 Å². The molecule has 2 aliphatic rings. The first-order valence-electron chi connectivity index (χ1n) is 10.7. The van der Waals surface area contributed by atoms with Crippen LogP contribution in [0, 0.1) is 0 Å². The van der Waals surface area contributed by atoms with Gasteiger partial charge < -0.3 is 15.1 Å². The van der Waals surface area contributed by atoms with Crippen molar-refractivity contribution in [1.29, 1.82) is 0 Å². The smallest absolute Gasteiger partial charge is 0.253 e. The molecule has 2 aliphatic heterocycles. The molecule has 3 rings (SSSR count). The van der Waals surface area contributed by atoms with E-state index in [2.05, 4.69) is 5.32 Å². The monoisotopic (exact) mass is 450 g/mol. The molecule has 0 bridgehead atoms. The summed E-state index contributed by atoms with van der Waals surface area (Å²) >= 11 is 0. The summed E-state index contributed by atoms with van der Waals surface area (Å²) in [5.74, 6) is -0.356. The van der Waals surface area contributed by atoms with Gasteiger partial charge in [0.05, 0.1) is 4.90 Å². The summed E-state index contributed by atoms with van der Waals surface area (Å²) in [7, 11) is -3.76. The van der Waals surface area contributed by atoms with Gasteiger partial charge in [-0.25, -0.2) is 8.42 Å². The number of nitrogens with zero attached hydrogens (tertiary/aromatic N) is 3. The number of benzene rings is 1. The molecule has 9 nitrogen and oxygen atoms in total. The molecule has 170 valence electrons. The molecule has 2 heterocycles. The topological polar surface area (TPSA) is 107 Å². The van der Waals surface area contributed by atoms with Crippen molar-refractivity contribution in [2.45, 2.75) is 44.0 Å². The number of rotatable bonds is 5. The third-order valence-corrected chi connectivity index (χ3v) is 7.69. The van der Waals surface area contributed by atoms with Crippen LogP contribution in [0.2, 0.25) is 0 Å². The fraction of sp³-hybridized carbons (Fsp3) is 0.571. The zero-order chi connectivity index (χ0) is 22.6. The van der Waals surface area contributed by atoms with Gasteiger partial charge in [0.2, 0.25) is 21.8 Å². The van der Waals surface area contributed by atoms with E-state index in [1.165, 1.54) is 23.4 Å². The molecule has 31 heavy (non-hydrogen) atoms. The van der Waals surface area contributed by atoms with E-state index in [1.54, 1.807) is 28.9 Å². The van der Waals surface area contributed by atoms with Crippen LogP contribution in [-0.2, 0) is 19.6 Å². The highest BCUT2D eigenvalue weighted by Gasteiger charge is 2.31. The van der Waals surface area contributed by atoms with Gasteiger partial charge >= 0.3 is 0 Å². The molecule has 1 unspecified atom stereocenters. The summed E-state index contributed by atoms with van der Waals surface area (Å²) in [6.45, 7) is 5.40. The predicted molar refractivity (Wildman–Crippen MR) is 115 cm³/mol. The van der Waals surface area contributed by atoms with Gasteiger partial charge in [0.1, 0.15) is 0 Å². The van der Waals surface area contributed by atoms with Crippen molar-refractivity contribution in [2.24, 2.45) is 0 Å². The highest BCUT2D eigenvalue weighted by Crippen LogP contribution is 2.21. The number of carbonyl (C=O) groups excluding carboxylic acids is 3. The lowest BCUT2D eigenvalue weighted by Crippen LogP contribution is -2.50. The van der Waals surface area contributed by atoms with Gasteiger partial charge in [-0.1, -0.05) is 13.0 Å². The van der Waals surface area contributed by atoms with Gasteiger partial charge in [0.25, 0.3) is 5.91 Å². The van der Waals surface area contributed by atoms with Crippen LogP contribution in [0.1, 0.15) is 43.5 Å². The lowest BCUT2D eigenvalue weighted by molar-refractivity contribution is -0.130. The second kappa shape index (κ2) is 9.78. The van der Waals surface area contributed by atoms with E-state index in [0.29, 0.717) is 38.2 Å². The van der Waals surface area contributed by atoms with Gasteiger partial charge in [-0.05, 0) is 31.0 Å². The molecular formula is C21H30N4O5S. The third-order valence-electron chi connectivity index (χ3n) is 5.80. The van der Waals surface area contributed by atoms with E-state index in [-0.39, 0.29) is 41.7 Å². The molecule has 0 saturated carbocycles. The van der Waals surface area contributed by atoms with Crippen molar-refractivity contribution in [2.75, 3.05) is 39.3 Å². The molecule has 1 aromatic rings. The van der Waals surface area contributed by atoms with Crippen LogP contribution in [0.4, 0.5) is 0 Å². The molecule has 0 radical (unpaired) electrons. The summed E-state index contributed by atoms with van der Waals surface area (Å²) < 4.78 is 27.5. The maximum Gasteiger partial charge on any atom is 0.253 e. The van der Waals surface area contributed by atoms with Crippen LogP contribution in [0.25, 0.3) is 0 Å². The van der Waals surface area contributed by atoms with E-state index >= 15 is 0 Å². The number of carbonyl (C=O) groups is 3. The van der Waals surface area contributed by atoms with E-state index in [1.807, 2.05) is 0 Å². The molecule has 2 saturated heterocycles. The van der Waals surface area contributed by atoms with Crippen LogP contribution in [-0.4, -0.2) is 85.6 Å². The Morgan fingerprint density at radius 1 is 1.06 bits per heavy atom. The maximum absolute atomic E-state index is 13.1. The number of nitrogens with one attached hydrogen (secondary N) is 1. The highest BCUT2D eigenvalue weighted by molar-refractivity contribution is 7.89. The molecule has 1 N–H and O–H groups in total. The molecule has 0 aromatic heterocycles. The Bertz CT molecular complexity index is 941. The summed E-state index contributed by atoms with van der Waals surface area (Å²) in [5, 5.41) is 2.93. The molecule has 0 spiro atoms.